The molecule has 4 nitrogen and oxygen atoms in total. The minimum absolute atomic E-state index is 0.0574. The number of rotatable bonds is 6. The van der Waals surface area contributed by atoms with Crippen molar-refractivity contribution in [3.8, 4) is 0 Å². The van der Waals surface area contributed by atoms with Gasteiger partial charge in [0.2, 0.25) is 0 Å². The lowest BCUT2D eigenvalue weighted by Gasteiger charge is -2.09. The van der Waals surface area contributed by atoms with E-state index in [2.05, 4.69) is 0 Å². The van der Waals surface area contributed by atoms with Gasteiger partial charge < -0.3 is 14.6 Å². The Kier molecular flexibility index (Phi) is 3.25. The molecule has 0 fully saturated rings. The molecule has 92 valence electrons. The van der Waals surface area contributed by atoms with E-state index >= 15 is 0 Å². The maximum Gasteiger partial charge on any atom is 0.338 e. The summed E-state index contributed by atoms with van der Waals surface area (Å²) in [7, 11) is 0. The van der Waals surface area contributed by atoms with Gasteiger partial charge in [0.05, 0.1) is 23.6 Å². The first-order valence-electron chi connectivity index (χ1n) is 7.31. The van der Waals surface area contributed by atoms with Gasteiger partial charge >= 0.3 is 5.97 Å². The van der Waals surface area contributed by atoms with Gasteiger partial charge in [0, 0.05) is 5.56 Å². The maximum absolute atomic E-state index is 11.9. The Morgan fingerprint density at radius 3 is 2.53 bits per heavy atom. The summed E-state index contributed by atoms with van der Waals surface area (Å²) in [5, 5.41) is 11.1. The molecule has 0 N–H and O–H groups in total. The Balaban J connectivity index is 3.21. The average molecular weight is 239 g/mol. The highest BCUT2D eigenvalue weighted by atomic mass is 16.5. The zero-order valence-electron chi connectivity index (χ0n) is 13.5. The van der Waals surface area contributed by atoms with E-state index in [-0.39, 0.29) is 6.61 Å². The standard InChI is InChI=1S/C13H16O4/c1-2-3-6-9-17-13(16)11-8-5-4-7-10(11)12(14)15/h4-5,7-8H,2-3,6,9H2,1H3,(H,14,15)/p-1/i4D,5D,7D,8D. The quantitative estimate of drug-likeness (QED) is 0.556. The third-order valence-corrected chi connectivity index (χ3v) is 2.08. The van der Waals surface area contributed by atoms with E-state index in [9.17, 15) is 14.7 Å². The van der Waals surface area contributed by atoms with E-state index in [1.165, 1.54) is 0 Å². The van der Waals surface area contributed by atoms with Crippen LogP contribution in [0.1, 0.15) is 52.4 Å². The van der Waals surface area contributed by atoms with Crippen molar-refractivity contribution in [2.24, 2.45) is 0 Å². The van der Waals surface area contributed by atoms with Crippen LogP contribution in [0.15, 0.2) is 24.2 Å². The Morgan fingerprint density at radius 2 is 1.94 bits per heavy atom. The molecule has 0 aromatic heterocycles. The molecule has 0 amide bonds. The maximum atomic E-state index is 11.9. The zero-order valence-corrected chi connectivity index (χ0v) is 9.46. The molecule has 0 bridgehead atoms. The molecule has 1 rings (SSSR count). The van der Waals surface area contributed by atoms with Crippen molar-refractivity contribution in [2.75, 3.05) is 6.61 Å². The van der Waals surface area contributed by atoms with Gasteiger partial charge in [-0.3, -0.25) is 0 Å². The fourth-order valence-corrected chi connectivity index (χ4v) is 1.21. The largest absolute Gasteiger partial charge is 0.545 e. The lowest BCUT2D eigenvalue weighted by molar-refractivity contribution is -0.255. The molecule has 0 unspecified atom stereocenters. The predicted molar refractivity (Wildman–Crippen MR) is 60.6 cm³/mol. The Labute approximate surface area is 106 Å². The van der Waals surface area contributed by atoms with Crippen LogP contribution in [0.4, 0.5) is 0 Å². The molecule has 1 aromatic carbocycles. The van der Waals surface area contributed by atoms with Gasteiger partial charge in [-0.25, -0.2) is 4.79 Å². The number of benzene rings is 1. The van der Waals surface area contributed by atoms with Crippen LogP contribution in [0.2, 0.25) is 0 Å². The summed E-state index contributed by atoms with van der Waals surface area (Å²) >= 11 is 0. The molecule has 17 heavy (non-hydrogen) atoms. The predicted octanol–water partition coefficient (Wildman–Crippen LogP) is 1.40. The zero-order chi connectivity index (χ0) is 16.2. The number of ether oxygens (including phenoxy) is 1. The summed E-state index contributed by atoms with van der Waals surface area (Å²) < 4.78 is 34.9. The van der Waals surface area contributed by atoms with Gasteiger partial charge in [0.25, 0.3) is 0 Å². The van der Waals surface area contributed by atoms with Crippen LogP contribution < -0.4 is 5.11 Å². The lowest BCUT2D eigenvalue weighted by Crippen LogP contribution is -2.25. The molecule has 0 heterocycles. The third-order valence-electron chi connectivity index (χ3n) is 2.08. The molecule has 0 atom stereocenters. The Hall–Kier alpha value is -1.84. The van der Waals surface area contributed by atoms with Gasteiger partial charge in [0.1, 0.15) is 0 Å². The van der Waals surface area contributed by atoms with E-state index < -0.39 is 47.2 Å². The van der Waals surface area contributed by atoms with Crippen LogP contribution in [0.5, 0.6) is 0 Å². The number of aromatic carboxylic acids is 1. The van der Waals surface area contributed by atoms with Gasteiger partial charge in [-0.05, 0) is 12.5 Å². The van der Waals surface area contributed by atoms with Crippen molar-refractivity contribution in [2.45, 2.75) is 26.2 Å². The molecular weight excluding hydrogens is 220 g/mol. The first kappa shape index (κ1) is 8.28. The average Bonchev–Trinajstić information content (AvgIpc) is 2.44. The smallest absolute Gasteiger partial charge is 0.338 e. The normalized spacial score (nSPS) is 13.2. The van der Waals surface area contributed by atoms with E-state index in [0.29, 0.717) is 6.42 Å². The van der Waals surface area contributed by atoms with Gasteiger partial charge in [-0.2, -0.15) is 0 Å². The Bertz CT molecular complexity index is 572. The summed E-state index contributed by atoms with van der Waals surface area (Å²) in [6.07, 6.45) is 2.33. The number of carbonyl (C=O) groups is 2. The number of carbonyl (C=O) groups excluding carboxylic acids is 2. The fraction of sp³-hybridized carbons (Fsp3) is 0.385. The summed E-state index contributed by atoms with van der Waals surface area (Å²) in [4.78, 5) is 23.0. The van der Waals surface area contributed by atoms with E-state index in [4.69, 9.17) is 10.2 Å². The monoisotopic (exact) mass is 239 g/mol. The van der Waals surface area contributed by atoms with Crippen LogP contribution in [0, 0.1) is 0 Å². The van der Waals surface area contributed by atoms with Gasteiger partial charge in [-0.1, -0.05) is 37.9 Å². The molecule has 0 aliphatic rings. The van der Waals surface area contributed by atoms with Gasteiger partial charge in [-0.15, -0.1) is 0 Å². The van der Waals surface area contributed by atoms with Crippen LogP contribution in [-0.4, -0.2) is 18.5 Å². The van der Waals surface area contributed by atoms with Crippen molar-refractivity contribution in [1.29, 1.82) is 0 Å². The fourth-order valence-electron chi connectivity index (χ4n) is 1.21. The number of carboxylic acids is 1. The molecule has 0 aliphatic heterocycles. The van der Waals surface area contributed by atoms with Crippen LogP contribution in [0.25, 0.3) is 0 Å². The van der Waals surface area contributed by atoms with Crippen molar-refractivity contribution in [3.05, 3.63) is 35.3 Å². The number of esters is 1. The molecule has 1 aromatic rings. The molecule has 4 heteroatoms. The minimum atomic E-state index is -1.84. The highest BCUT2D eigenvalue weighted by Crippen LogP contribution is 2.10. The van der Waals surface area contributed by atoms with E-state index in [0.717, 1.165) is 12.8 Å². The number of hydrogen-bond donors (Lipinski definition) is 0. The molecule has 0 saturated carbocycles. The van der Waals surface area contributed by atoms with Gasteiger partial charge in [0.15, 0.2) is 0 Å². The Morgan fingerprint density at radius 1 is 1.29 bits per heavy atom. The van der Waals surface area contributed by atoms with Crippen molar-refractivity contribution in [1.82, 2.24) is 0 Å². The molecule has 0 radical (unpaired) electrons. The molecule has 0 aliphatic carbocycles. The first-order chi connectivity index (χ1) is 9.82. The van der Waals surface area contributed by atoms with Crippen molar-refractivity contribution >= 4 is 11.9 Å². The van der Waals surface area contributed by atoms with Crippen molar-refractivity contribution < 1.29 is 24.9 Å². The topological polar surface area (TPSA) is 66.4 Å². The highest BCUT2D eigenvalue weighted by Gasteiger charge is 2.12. The SMILES string of the molecule is [2H]c1c([2H])c([2H])c(C(=O)OCCCCC)c(C(=O)[O-])c1[2H]. The molecule has 0 spiro atoms. The lowest BCUT2D eigenvalue weighted by atomic mass is 10.1. The first-order valence-corrected chi connectivity index (χ1v) is 5.31. The van der Waals surface area contributed by atoms with E-state index in [1.54, 1.807) is 0 Å². The minimum Gasteiger partial charge on any atom is -0.545 e. The molecular formula is C13H15O4-. The second kappa shape index (κ2) is 6.68. The third kappa shape index (κ3) is 3.90. The van der Waals surface area contributed by atoms with Crippen LogP contribution >= 0.6 is 0 Å². The number of carboxylic acid groups (broad SMARTS) is 1. The summed E-state index contributed by atoms with van der Waals surface area (Å²) in [6, 6.07) is -2.99. The second-order valence-corrected chi connectivity index (χ2v) is 3.38. The van der Waals surface area contributed by atoms with Crippen molar-refractivity contribution in [3.63, 3.8) is 0 Å². The number of unbranched alkanes of at least 4 members (excludes halogenated alkanes) is 2. The van der Waals surface area contributed by atoms with E-state index in [1.807, 2.05) is 6.92 Å². The summed E-state index contributed by atoms with van der Waals surface area (Å²) in [5.74, 6) is -2.93. The van der Waals surface area contributed by atoms with Crippen LogP contribution in [0.3, 0.4) is 0 Å². The summed E-state index contributed by atoms with van der Waals surface area (Å²) in [5.41, 5.74) is -1.57. The molecule has 0 saturated heterocycles. The highest BCUT2D eigenvalue weighted by molar-refractivity contribution is 6.01. The summed E-state index contributed by atoms with van der Waals surface area (Å²) in [6.45, 7) is 2.02. The second-order valence-electron chi connectivity index (χ2n) is 3.38. The number of hydrogen-bond acceptors (Lipinski definition) is 4. The van der Waals surface area contributed by atoms with Crippen LogP contribution in [-0.2, 0) is 4.74 Å².